The van der Waals surface area contributed by atoms with Crippen LogP contribution in [0.4, 0.5) is 5.13 Å². The van der Waals surface area contributed by atoms with Crippen molar-refractivity contribution >= 4 is 63.5 Å². The van der Waals surface area contributed by atoms with Crippen LogP contribution < -0.4 is 11.1 Å². The number of thioether (sulfide) groups is 2. The van der Waals surface area contributed by atoms with Crippen LogP contribution in [0, 0.1) is 0 Å². The molecule has 0 saturated carbocycles. The average Bonchev–Trinajstić information content (AvgIpc) is 3.15. The number of nitrogens with one attached hydrogen (secondary N) is 1. The van der Waals surface area contributed by atoms with Gasteiger partial charge >= 0.3 is 5.97 Å². The molecule has 0 radical (unpaired) electrons. The number of ether oxygens (including phenoxy) is 1. The van der Waals surface area contributed by atoms with E-state index in [1.807, 2.05) is 0 Å². The molecule has 0 spiro atoms. The molecule has 3 rings (SSSR count). The topological polar surface area (TPSA) is 167 Å². The van der Waals surface area contributed by atoms with Crippen molar-refractivity contribution in [2.45, 2.75) is 11.4 Å². The minimum absolute atomic E-state index is 0.0741. The number of oxime groups is 1. The van der Waals surface area contributed by atoms with E-state index in [1.165, 1.54) is 28.9 Å². The average molecular weight is 472 g/mol. The molecule has 2 amide bonds. The van der Waals surface area contributed by atoms with E-state index in [-0.39, 0.29) is 22.2 Å². The number of nitrogens with zero attached hydrogens (tertiary/aromatic N) is 3. The predicted molar refractivity (Wildman–Crippen MR) is 113 cm³/mol. The summed E-state index contributed by atoms with van der Waals surface area (Å²) in [5.74, 6) is -2.25. The number of amides is 2. The maximum absolute atomic E-state index is 12.6. The Bertz CT molecular complexity index is 959. The SMILES string of the molecule is COC/C=C\SC1=C(C(=O)O)N2C(=O)[C@@H](NC(=O)/C(=N\O)c3csc(N)n3)[C@H]2SC1. The van der Waals surface area contributed by atoms with Crippen LogP contribution in [0.25, 0.3) is 0 Å². The Morgan fingerprint density at radius 1 is 1.57 bits per heavy atom. The zero-order valence-corrected chi connectivity index (χ0v) is 17.9. The van der Waals surface area contributed by atoms with E-state index in [0.717, 1.165) is 16.2 Å². The standard InChI is InChI=1S/C16H17N5O6S3/c1-27-3-2-4-28-8-6-29-14-10(13(23)21(14)11(8)15(24)25)19-12(22)9(20-26)7-5-30-16(17)18-7/h2,4-5,10,14,26H,3,6H2,1H3,(H2,17,18)(H,19,22)(H,24,25)/b4-2-,20-9-/t10-,14-/m1/s1. The molecule has 2 aliphatic heterocycles. The Morgan fingerprint density at radius 3 is 2.93 bits per heavy atom. The summed E-state index contributed by atoms with van der Waals surface area (Å²) in [4.78, 5) is 42.5. The highest BCUT2D eigenvalue weighted by atomic mass is 32.2. The van der Waals surface area contributed by atoms with E-state index < -0.39 is 29.2 Å². The summed E-state index contributed by atoms with van der Waals surface area (Å²) in [5.41, 5.74) is 5.11. The lowest BCUT2D eigenvalue weighted by Gasteiger charge is -2.49. The molecule has 0 aliphatic carbocycles. The zero-order valence-electron chi connectivity index (χ0n) is 15.5. The molecule has 30 heavy (non-hydrogen) atoms. The lowest BCUT2D eigenvalue weighted by Crippen LogP contribution is -2.71. The number of hydrogen-bond acceptors (Lipinski definition) is 11. The highest BCUT2D eigenvalue weighted by Gasteiger charge is 2.54. The highest BCUT2D eigenvalue weighted by molar-refractivity contribution is 8.08. The molecular formula is C16H17N5O6S3. The van der Waals surface area contributed by atoms with Crippen LogP contribution in [-0.4, -0.2) is 74.6 Å². The molecule has 5 N–H and O–H groups in total. The molecule has 2 atom stereocenters. The lowest BCUT2D eigenvalue weighted by molar-refractivity contribution is -0.150. The Hall–Kier alpha value is -2.55. The van der Waals surface area contributed by atoms with Gasteiger partial charge in [0.25, 0.3) is 11.8 Å². The van der Waals surface area contributed by atoms with Crippen LogP contribution in [0.5, 0.6) is 0 Å². The van der Waals surface area contributed by atoms with Gasteiger partial charge in [0.15, 0.2) is 10.8 Å². The second-order valence-electron chi connectivity index (χ2n) is 5.90. The molecule has 0 unspecified atom stereocenters. The fourth-order valence-electron chi connectivity index (χ4n) is 2.77. The number of carbonyl (C=O) groups excluding carboxylic acids is 2. The number of carboxylic acids is 1. The maximum atomic E-state index is 12.6. The second-order valence-corrected chi connectivity index (χ2v) is 8.90. The van der Waals surface area contributed by atoms with E-state index in [9.17, 15) is 24.7 Å². The number of carbonyl (C=O) groups is 3. The summed E-state index contributed by atoms with van der Waals surface area (Å²) >= 11 is 3.59. The van der Waals surface area contributed by atoms with Gasteiger partial charge in [0.2, 0.25) is 0 Å². The van der Waals surface area contributed by atoms with Crippen LogP contribution in [-0.2, 0) is 19.1 Å². The predicted octanol–water partition coefficient (Wildman–Crippen LogP) is 0.493. The van der Waals surface area contributed by atoms with Crippen LogP contribution >= 0.6 is 34.9 Å². The Kier molecular flexibility index (Phi) is 7.02. The number of aromatic nitrogens is 1. The van der Waals surface area contributed by atoms with Crippen molar-refractivity contribution in [3.63, 3.8) is 0 Å². The number of fused-ring (bicyclic) bond motifs is 1. The first-order valence-corrected chi connectivity index (χ1v) is 11.2. The van der Waals surface area contributed by atoms with Gasteiger partial charge in [0.05, 0.1) is 6.61 Å². The third-order valence-corrected chi connectivity index (χ3v) is 7.16. The molecule has 3 heterocycles. The van der Waals surface area contributed by atoms with Gasteiger partial charge in [-0.3, -0.25) is 14.5 Å². The first-order chi connectivity index (χ1) is 14.4. The van der Waals surface area contributed by atoms with E-state index >= 15 is 0 Å². The maximum Gasteiger partial charge on any atom is 0.353 e. The first kappa shape index (κ1) is 22.1. The van der Waals surface area contributed by atoms with Gasteiger partial charge in [-0.2, -0.15) is 0 Å². The number of thiazole rings is 1. The Morgan fingerprint density at radius 2 is 2.33 bits per heavy atom. The van der Waals surface area contributed by atoms with Crippen molar-refractivity contribution in [1.82, 2.24) is 15.2 Å². The van der Waals surface area contributed by atoms with Crippen molar-refractivity contribution in [3.8, 4) is 0 Å². The number of β-lactam (4-membered cyclic amide) rings is 1. The third kappa shape index (κ3) is 4.30. The fourth-order valence-corrected chi connectivity index (χ4v) is 5.62. The number of nitrogens with two attached hydrogens (primary N) is 1. The Labute approximate surface area is 183 Å². The van der Waals surface area contributed by atoms with Gasteiger partial charge in [0.1, 0.15) is 22.8 Å². The molecule has 0 aromatic carbocycles. The third-order valence-electron chi connectivity index (χ3n) is 4.07. The van der Waals surface area contributed by atoms with Crippen molar-refractivity contribution in [2.75, 3.05) is 25.2 Å². The fraction of sp³-hybridized carbons (Fsp3) is 0.312. The second kappa shape index (κ2) is 9.51. The molecular weight excluding hydrogens is 454 g/mol. The van der Waals surface area contributed by atoms with Crippen LogP contribution in [0.2, 0.25) is 0 Å². The van der Waals surface area contributed by atoms with E-state index in [0.29, 0.717) is 17.3 Å². The van der Waals surface area contributed by atoms with E-state index in [2.05, 4.69) is 15.5 Å². The van der Waals surface area contributed by atoms with E-state index in [1.54, 1.807) is 18.6 Å². The van der Waals surface area contributed by atoms with Crippen molar-refractivity contribution in [3.05, 3.63) is 33.2 Å². The molecule has 2 aliphatic rings. The molecule has 14 heteroatoms. The van der Waals surface area contributed by atoms with Gasteiger partial charge in [0, 0.05) is 23.1 Å². The first-order valence-electron chi connectivity index (χ1n) is 8.35. The lowest BCUT2D eigenvalue weighted by atomic mass is 10.0. The van der Waals surface area contributed by atoms with Crippen molar-refractivity contribution in [2.24, 2.45) is 5.16 Å². The summed E-state index contributed by atoms with van der Waals surface area (Å²) in [6.45, 7) is 0.384. The molecule has 1 saturated heterocycles. The number of nitrogen functional groups attached to an aromatic ring is 1. The molecule has 160 valence electrons. The Balaban J connectivity index is 1.73. The van der Waals surface area contributed by atoms with Crippen LogP contribution in [0.1, 0.15) is 5.69 Å². The molecule has 1 aromatic heterocycles. The number of aliphatic carboxylic acids is 1. The molecule has 11 nitrogen and oxygen atoms in total. The summed E-state index contributed by atoms with van der Waals surface area (Å²) in [6.07, 6.45) is 1.73. The summed E-state index contributed by atoms with van der Waals surface area (Å²) in [6, 6.07) is -0.958. The van der Waals surface area contributed by atoms with E-state index in [4.69, 9.17) is 10.5 Å². The van der Waals surface area contributed by atoms with Crippen molar-refractivity contribution in [1.29, 1.82) is 0 Å². The normalized spacial score (nSPS) is 21.6. The van der Waals surface area contributed by atoms with Crippen LogP contribution in [0.3, 0.4) is 0 Å². The summed E-state index contributed by atoms with van der Waals surface area (Å²) in [7, 11) is 1.54. The largest absolute Gasteiger partial charge is 0.477 e. The summed E-state index contributed by atoms with van der Waals surface area (Å²) in [5, 5.41) is 27.0. The van der Waals surface area contributed by atoms with Gasteiger partial charge in [-0.25, -0.2) is 9.78 Å². The summed E-state index contributed by atoms with van der Waals surface area (Å²) < 4.78 is 4.90. The van der Waals surface area contributed by atoms with Gasteiger partial charge in [-0.1, -0.05) is 23.0 Å². The minimum atomic E-state index is -1.23. The molecule has 1 fully saturated rings. The quantitative estimate of drug-likeness (QED) is 0.181. The van der Waals surface area contributed by atoms with Gasteiger partial charge in [-0.15, -0.1) is 23.1 Å². The number of hydrogen-bond donors (Lipinski definition) is 4. The molecule has 0 bridgehead atoms. The van der Waals surface area contributed by atoms with Gasteiger partial charge in [-0.05, 0) is 5.41 Å². The number of carboxylic acid groups (broad SMARTS) is 1. The monoisotopic (exact) mass is 471 g/mol. The molecule has 1 aromatic rings. The zero-order chi connectivity index (χ0) is 21.8. The smallest absolute Gasteiger partial charge is 0.353 e. The van der Waals surface area contributed by atoms with Crippen LogP contribution in [0.15, 0.2) is 32.6 Å². The number of methoxy groups -OCH3 is 1. The number of anilines is 1. The van der Waals surface area contributed by atoms with Gasteiger partial charge < -0.3 is 26.1 Å². The van der Waals surface area contributed by atoms with Crippen molar-refractivity contribution < 1.29 is 29.4 Å². The highest BCUT2D eigenvalue weighted by Crippen LogP contribution is 2.43. The number of rotatable bonds is 8. The minimum Gasteiger partial charge on any atom is -0.477 e.